The summed E-state index contributed by atoms with van der Waals surface area (Å²) in [5.41, 5.74) is 0.349. The molecule has 5 nitrogen and oxygen atoms in total. The summed E-state index contributed by atoms with van der Waals surface area (Å²) >= 11 is 5.51. The van der Waals surface area contributed by atoms with Gasteiger partial charge in [0.25, 0.3) is 0 Å². The van der Waals surface area contributed by atoms with Gasteiger partial charge in [0, 0.05) is 12.6 Å². The van der Waals surface area contributed by atoms with Gasteiger partial charge in [-0.1, -0.05) is 11.6 Å². The maximum absolute atomic E-state index is 10.3. The Bertz CT molecular complexity index is 318. The first-order valence-electron chi connectivity index (χ1n) is 3.47. The fraction of sp³-hybridized carbons (Fsp3) is 0.286. The second-order valence-corrected chi connectivity index (χ2v) is 2.78. The third-order valence-electron chi connectivity index (χ3n) is 1.34. The highest BCUT2D eigenvalue weighted by Crippen LogP contribution is 2.04. The zero-order chi connectivity index (χ0) is 9.84. The molecule has 1 aromatic heterocycles. The molecule has 0 bridgehead atoms. The summed E-state index contributed by atoms with van der Waals surface area (Å²) in [6.07, 6.45) is 1.13. The van der Waals surface area contributed by atoms with Crippen molar-refractivity contribution in [3.05, 3.63) is 23.2 Å². The van der Waals surface area contributed by atoms with E-state index in [4.69, 9.17) is 21.8 Å². The topological polar surface area (TPSA) is 83.3 Å². The first-order valence-corrected chi connectivity index (χ1v) is 3.84. The highest BCUT2D eigenvalue weighted by atomic mass is 35.5. The Morgan fingerprint density at radius 2 is 2.31 bits per heavy atom. The number of rotatable bonds is 3. The number of carboxylic acid groups (broad SMARTS) is 1. The highest BCUT2D eigenvalue weighted by Gasteiger charge is 2.14. The molecule has 0 fully saturated rings. The molecule has 0 aliphatic carbocycles. The second-order valence-electron chi connectivity index (χ2n) is 2.39. The predicted molar refractivity (Wildman–Crippen MR) is 44.4 cm³/mol. The third kappa shape index (κ3) is 2.96. The van der Waals surface area contributed by atoms with Crippen LogP contribution in [0.15, 0.2) is 12.4 Å². The van der Waals surface area contributed by atoms with E-state index in [1.165, 1.54) is 12.4 Å². The Balaban J connectivity index is 2.69. The van der Waals surface area contributed by atoms with Crippen molar-refractivity contribution in [2.24, 2.45) is 0 Å². The molecule has 0 aromatic carbocycles. The standard InChI is InChI=1S/C7H7ClN2O3/c8-6-3-9-2-4(10-6)1-5(11)7(12)13/h2-3,5,11H,1H2,(H,12,13). The van der Waals surface area contributed by atoms with Gasteiger partial charge < -0.3 is 10.2 Å². The number of aliphatic hydroxyl groups excluding tert-OH is 1. The number of hydrogen-bond donors (Lipinski definition) is 2. The Hall–Kier alpha value is -1.20. The van der Waals surface area contributed by atoms with Gasteiger partial charge in [0.2, 0.25) is 0 Å². The van der Waals surface area contributed by atoms with Crippen LogP contribution in [-0.4, -0.2) is 32.3 Å². The summed E-state index contributed by atoms with van der Waals surface area (Å²) in [5.74, 6) is -1.29. The largest absolute Gasteiger partial charge is 0.479 e. The van der Waals surface area contributed by atoms with Gasteiger partial charge in [-0.25, -0.2) is 9.78 Å². The molecular formula is C7H7ClN2O3. The summed E-state index contributed by atoms with van der Waals surface area (Å²) in [7, 11) is 0. The monoisotopic (exact) mass is 202 g/mol. The Morgan fingerprint density at radius 3 is 2.85 bits per heavy atom. The van der Waals surface area contributed by atoms with Gasteiger partial charge in [0.15, 0.2) is 6.10 Å². The zero-order valence-electron chi connectivity index (χ0n) is 6.51. The predicted octanol–water partition coefficient (Wildman–Crippen LogP) is 0.118. The first-order chi connectivity index (χ1) is 6.09. The van der Waals surface area contributed by atoms with Crippen molar-refractivity contribution in [2.75, 3.05) is 0 Å². The van der Waals surface area contributed by atoms with Crippen LogP contribution in [0.2, 0.25) is 5.15 Å². The number of halogens is 1. The first kappa shape index (κ1) is 9.88. The lowest BCUT2D eigenvalue weighted by molar-refractivity contribution is -0.146. The Labute approximate surface area is 79.0 Å². The minimum Gasteiger partial charge on any atom is -0.479 e. The molecule has 0 saturated carbocycles. The summed E-state index contributed by atoms with van der Waals surface area (Å²) in [4.78, 5) is 17.7. The molecule has 13 heavy (non-hydrogen) atoms. The van der Waals surface area contributed by atoms with Crippen molar-refractivity contribution >= 4 is 17.6 Å². The number of carbonyl (C=O) groups is 1. The van der Waals surface area contributed by atoms with E-state index in [9.17, 15) is 4.79 Å². The number of hydrogen-bond acceptors (Lipinski definition) is 4. The molecule has 0 spiro atoms. The molecule has 6 heteroatoms. The maximum Gasteiger partial charge on any atom is 0.332 e. The summed E-state index contributed by atoms with van der Waals surface area (Å²) in [5, 5.41) is 17.5. The molecule has 70 valence electrons. The second kappa shape index (κ2) is 4.15. The lowest BCUT2D eigenvalue weighted by Gasteiger charge is -2.03. The molecular weight excluding hydrogens is 196 g/mol. The van der Waals surface area contributed by atoms with E-state index in [0.717, 1.165) is 0 Å². The van der Waals surface area contributed by atoms with Crippen molar-refractivity contribution < 1.29 is 15.0 Å². The van der Waals surface area contributed by atoms with Crippen LogP contribution in [-0.2, 0) is 11.2 Å². The number of carboxylic acids is 1. The fourth-order valence-corrected chi connectivity index (χ4v) is 0.928. The van der Waals surface area contributed by atoms with Crippen molar-refractivity contribution in [2.45, 2.75) is 12.5 Å². The van der Waals surface area contributed by atoms with E-state index < -0.39 is 12.1 Å². The maximum atomic E-state index is 10.3. The molecule has 1 atom stereocenters. The Kier molecular flexibility index (Phi) is 3.16. The average molecular weight is 203 g/mol. The summed E-state index contributed by atoms with van der Waals surface area (Å²) in [6, 6.07) is 0. The molecule has 0 radical (unpaired) electrons. The van der Waals surface area contributed by atoms with Crippen LogP contribution >= 0.6 is 11.6 Å². The van der Waals surface area contributed by atoms with Crippen LogP contribution < -0.4 is 0 Å². The van der Waals surface area contributed by atoms with Crippen molar-refractivity contribution in [3.8, 4) is 0 Å². The zero-order valence-corrected chi connectivity index (χ0v) is 7.27. The van der Waals surface area contributed by atoms with Crippen LogP contribution in [0.5, 0.6) is 0 Å². The van der Waals surface area contributed by atoms with Crippen molar-refractivity contribution in [3.63, 3.8) is 0 Å². The van der Waals surface area contributed by atoms with Crippen LogP contribution in [0.4, 0.5) is 0 Å². The lowest BCUT2D eigenvalue weighted by atomic mass is 10.2. The summed E-state index contributed by atoms with van der Waals surface area (Å²) in [6.45, 7) is 0. The third-order valence-corrected chi connectivity index (χ3v) is 1.52. The van der Waals surface area contributed by atoms with Gasteiger partial charge in [0.1, 0.15) is 5.15 Å². The lowest BCUT2D eigenvalue weighted by Crippen LogP contribution is -2.22. The molecule has 1 unspecified atom stereocenters. The van der Waals surface area contributed by atoms with E-state index in [1.807, 2.05) is 0 Å². The molecule has 0 aliphatic heterocycles. The van der Waals surface area contributed by atoms with Gasteiger partial charge in [0.05, 0.1) is 11.9 Å². The fourth-order valence-electron chi connectivity index (χ4n) is 0.763. The van der Waals surface area contributed by atoms with E-state index in [0.29, 0.717) is 5.69 Å². The molecule has 0 aliphatic rings. The minimum absolute atomic E-state index is 0.0944. The molecule has 1 rings (SSSR count). The van der Waals surface area contributed by atoms with E-state index >= 15 is 0 Å². The van der Waals surface area contributed by atoms with E-state index in [2.05, 4.69) is 9.97 Å². The molecule has 1 heterocycles. The van der Waals surface area contributed by atoms with Crippen LogP contribution in [0, 0.1) is 0 Å². The van der Waals surface area contributed by atoms with Gasteiger partial charge in [-0.15, -0.1) is 0 Å². The van der Waals surface area contributed by atoms with Gasteiger partial charge in [-0.3, -0.25) is 4.98 Å². The van der Waals surface area contributed by atoms with Crippen LogP contribution in [0.25, 0.3) is 0 Å². The van der Waals surface area contributed by atoms with Gasteiger partial charge in [-0.05, 0) is 0 Å². The quantitative estimate of drug-likeness (QED) is 0.727. The van der Waals surface area contributed by atoms with E-state index in [-0.39, 0.29) is 11.6 Å². The number of aliphatic hydroxyl groups is 1. The average Bonchev–Trinajstić information content (AvgIpc) is 2.04. The summed E-state index contributed by atoms with van der Waals surface area (Å²) < 4.78 is 0. The molecule has 0 amide bonds. The van der Waals surface area contributed by atoms with Crippen LogP contribution in [0.3, 0.4) is 0 Å². The minimum atomic E-state index is -1.47. The van der Waals surface area contributed by atoms with Crippen molar-refractivity contribution in [1.82, 2.24) is 9.97 Å². The highest BCUT2D eigenvalue weighted by molar-refractivity contribution is 6.29. The number of aliphatic carboxylic acids is 1. The van der Waals surface area contributed by atoms with Gasteiger partial charge in [-0.2, -0.15) is 0 Å². The molecule has 1 aromatic rings. The van der Waals surface area contributed by atoms with E-state index in [1.54, 1.807) is 0 Å². The molecule has 2 N–H and O–H groups in total. The molecule has 0 saturated heterocycles. The normalized spacial score (nSPS) is 12.5. The Morgan fingerprint density at radius 1 is 1.62 bits per heavy atom. The van der Waals surface area contributed by atoms with Gasteiger partial charge >= 0.3 is 5.97 Å². The smallest absolute Gasteiger partial charge is 0.332 e. The van der Waals surface area contributed by atoms with Crippen molar-refractivity contribution in [1.29, 1.82) is 0 Å². The number of nitrogens with zero attached hydrogens (tertiary/aromatic N) is 2. The number of aromatic nitrogens is 2. The SMILES string of the molecule is O=C(O)C(O)Cc1cncc(Cl)n1. The van der Waals surface area contributed by atoms with Crippen LogP contribution in [0.1, 0.15) is 5.69 Å².